The third kappa shape index (κ3) is 2.93. The van der Waals surface area contributed by atoms with Crippen LogP contribution in [0.15, 0.2) is 12.3 Å². The topological polar surface area (TPSA) is 42.4 Å². The quantitative estimate of drug-likeness (QED) is 0.724. The second kappa shape index (κ2) is 4.70. The smallest absolute Gasteiger partial charge is 0.256 e. The average molecular weight is 181 g/mol. The molecule has 0 bridgehead atoms. The molecule has 1 N–H and O–H groups in total. The Kier molecular flexibility index (Phi) is 3.55. The summed E-state index contributed by atoms with van der Waals surface area (Å²) in [4.78, 5) is 3.98. The van der Waals surface area contributed by atoms with E-state index in [2.05, 4.69) is 11.9 Å². The summed E-state index contributed by atoms with van der Waals surface area (Å²) in [5, 5.41) is 9.40. The van der Waals surface area contributed by atoms with Crippen LogP contribution in [0.2, 0.25) is 0 Å². The molecule has 0 saturated carbocycles. The van der Waals surface area contributed by atoms with Gasteiger partial charge in [0.25, 0.3) is 5.88 Å². The summed E-state index contributed by atoms with van der Waals surface area (Å²) in [5.74, 6) is 0.454. The molecule has 1 heterocycles. The molecule has 72 valence electrons. The van der Waals surface area contributed by atoms with Gasteiger partial charge in [0.05, 0.1) is 6.61 Å². The van der Waals surface area contributed by atoms with Gasteiger partial charge >= 0.3 is 0 Å². The van der Waals surface area contributed by atoms with Crippen LogP contribution in [0.1, 0.15) is 25.3 Å². The maximum atomic E-state index is 9.40. The van der Waals surface area contributed by atoms with Crippen LogP contribution in [0.3, 0.4) is 0 Å². The zero-order chi connectivity index (χ0) is 9.68. The summed E-state index contributed by atoms with van der Waals surface area (Å²) < 4.78 is 5.27. The number of unbranched alkanes of at least 4 members (excludes halogenated alkanes) is 1. The Morgan fingerprint density at radius 3 is 2.92 bits per heavy atom. The van der Waals surface area contributed by atoms with E-state index in [4.69, 9.17) is 4.74 Å². The van der Waals surface area contributed by atoms with Gasteiger partial charge in [-0.15, -0.1) is 0 Å². The van der Waals surface area contributed by atoms with Crippen molar-refractivity contribution in [3.63, 3.8) is 0 Å². The summed E-state index contributed by atoms with van der Waals surface area (Å²) >= 11 is 0. The lowest BCUT2D eigenvalue weighted by molar-refractivity contribution is 0.280. The van der Waals surface area contributed by atoms with Gasteiger partial charge in [0, 0.05) is 6.20 Å². The van der Waals surface area contributed by atoms with Gasteiger partial charge in [0.2, 0.25) is 0 Å². The molecule has 1 rings (SSSR count). The lowest BCUT2D eigenvalue weighted by Gasteiger charge is -2.05. The number of pyridine rings is 1. The Bertz CT molecular complexity index is 274. The number of ether oxygens (including phenoxy) is 1. The Morgan fingerprint density at radius 1 is 1.54 bits per heavy atom. The minimum absolute atomic E-state index is 0.121. The highest BCUT2D eigenvalue weighted by Gasteiger charge is 2.02. The van der Waals surface area contributed by atoms with E-state index in [9.17, 15) is 5.11 Å². The van der Waals surface area contributed by atoms with E-state index in [0.29, 0.717) is 12.5 Å². The molecule has 0 spiro atoms. The molecule has 0 radical (unpaired) electrons. The number of rotatable bonds is 4. The van der Waals surface area contributed by atoms with Crippen LogP contribution in [0.25, 0.3) is 0 Å². The molecule has 0 aliphatic heterocycles. The fourth-order valence-electron chi connectivity index (χ4n) is 0.966. The normalized spacial score (nSPS) is 10.0. The van der Waals surface area contributed by atoms with Crippen molar-refractivity contribution in [1.82, 2.24) is 4.98 Å². The number of hydrogen-bond donors (Lipinski definition) is 1. The molecule has 0 amide bonds. The Morgan fingerprint density at radius 2 is 2.31 bits per heavy atom. The van der Waals surface area contributed by atoms with Gasteiger partial charge in [-0.1, -0.05) is 13.3 Å². The first kappa shape index (κ1) is 9.84. The predicted octanol–water partition coefficient (Wildman–Crippen LogP) is 2.27. The third-order valence-electron chi connectivity index (χ3n) is 1.71. The first-order valence-corrected chi connectivity index (χ1v) is 4.52. The molecule has 0 fully saturated rings. The fraction of sp³-hybridized carbons (Fsp3) is 0.500. The monoisotopic (exact) mass is 181 g/mol. The third-order valence-corrected chi connectivity index (χ3v) is 1.71. The zero-order valence-electron chi connectivity index (χ0n) is 8.08. The molecule has 1 aromatic heterocycles. The molecular weight excluding hydrogens is 166 g/mol. The van der Waals surface area contributed by atoms with Crippen molar-refractivity contribution in [3.8, 4) is 11.6 Å². The predicted molar refractivity (Wildman–Crippen MR) is 51.0 cm³/mol. The molecular formula is C10H15NO2. The Hall–Kier alpha value is -1.25. The van der Waals surface area contributed by atoms with E-state index in [0.717, 1.165) is 18.4 Å². The van der Waals surface area contributed by atoms with Crippen molar-refractivity contribution in [2.24, 2.45) is 0 Å². The lowest BCUT2D eigenvalue weighted by Crippen LogP contribution is -1.98. The second-order valence-corrected chi connectivity index (χ2v) is 3.04. The molecule has 3 nitrogen and oxygen atoms in total. The molecule has 3 heteroatoms. The molecule has 1 aromatic rings. The van der Waals surface area contributed by atoms with Crippen LogP contribution in [0, 0.1) is 6.92 Å². The van der Waals surface area contributed by atoms with E-state index in [1.54, 1.807) is 12.3 Å². The maximum Gasteiger partial charge on any atom is 0.256 e. The number of aromatic hydroxyl groups is 1. The summed E-state index contributed by atoms with van der Waals surface area (Å²) in [7, 11) is 0. The first-order chi connectivity index (χ1) is 6.24. The number of aromatic nitrogens is 1. The van der Waals surface area contributed by atoms with Crippen molar-refractivity contribution < 1.29 is 9.84 Å². The van der Waals surface area contributed by atoms with E-state index < -0.39 is 0 Å². The van der Waals surface area contributed by atoms with Crippen molar-refractivity contribution >= 4 is 0 Å². The zero-order valence-corrected chi connectivity index (χ0v) is 8.08. The van der Waals surface area contributed by atoms with E-state index in [1.807, 2.05) is 6.92 Å². The minimum Gasteiger partial charge on any atom is -0.503 e. The SMILES string of the molecule is CCCCOc1ncc(C)cc1O. The highest BCUT2D eigenvalue weighted by Crippen LogP contribution is 2.23. The van der Waals surface area contributed by atoms with Crippen LogP contribution < -0.4 is 4.74 Å². The summed E-state index contributed by atoms with van der Waals surface area (Å²) in [6.07, 6.45) is 3.74. The van der Waals surface area contributed by atoms with Gasteiger partial charge in [-0.3, -0.25) is 0 Å². The minimum atomic E-state index is 0.121. The van der Waals surface area contributed by atoms with Gasteiger partial charge in [-0.05, 0) is 25.0 Å². The molecule has 0 unspecified atom stereocenters. The summed E-state index contributed by atoms with van der Waals surface area (Å²) in [6.45, 7) is 4.58. The van der Waals surface area contributed by atoms with Crippen LogP contribution in [0.4, 0.5) is 0 Å². The highest BCUT2D eigenvalue weighted by molar-refractivity contribution is 5.34. The van der Waals surface area contributed by atoms with E-state index in [1.165, 1.54) is 0 Å². The van der Waals surface area contributed by atoms with Crippen LogP contribution in [0.5, 0.6) is 11.6 Å². The second-order valence-electron chi connectivity index (χ2n) is 3.04. The first-order valence-electron chi connectivity index (χ1n) is 4.52. The van der Waals surface area contributed by atoms with Crippen molar-refractivity contribution in [3.05, 3.63) is 17.8 Å². The number of aryl methyl sites for hydroxylation is 1. The molecule has 0 atom stereocenters. The van der Waals surface area contributed by atoms with Gasteiger partial charge in [-0.2, -0.15) is 0 Å². The van der Waals surface area contributed by atoms with Gasteiger partial charge in [0.15, 0.2) is 5.75 Å². The number of nitrogens with zero attached hydrogens (tertiary/aromatic N) is 1. The Labute approximate surface area is 78.4 Å². The molecule has 0 saturated heterocycles. The van der Waals surface area contributed by atoms with Crippen molar-refractivity contribution in [1.29, 1.82) is 0 Å². The van der Waals surface area contributed by atoms with Crippen LogP contribution in [-0.4, -0.2) is 16.7 Å². The number of hydrogen-bond acceptors (Lipinski definition) is 3. The van der Waals surface area contributed by atoms with E-state index in [-0.39, 0.29) is 5.75 Å². The van der Waals surface area contributed by atoms with Gasteiger partial charge in [0.1, 0.15) is 0 Å². The van der Waals surface area contributed by atoms with Crippen molar-refractivity contribution in [2.45, 2.75) is 26.7 Å². The van der Waals surface area contributed by atoms with Crippen LogP contribution >= 0.6 is 0 Å². The summed E-state index contributed by atoms with van der Waals surface area (Å²) in [6, 6.07) is 1.65. The molecule has 0 aromatic carbocycles. The van der Waals surface area contributed by atoms with Crippen molar-refractivity contribution in [2.75, 3.05) is 6.61 Å². The lowest BCUT2D eigenvalue weighted by atomic mass is 10.3. The maximum absolute atomic E-state index is 9.40. The standard InChI is InChI=1S/C10H15NO2/c1-3-4-5-13-10-9(12)6-8(2)7-11-10/h6-7,12H,3-5H2,1-2H3. The van der Waals surface area contributed by atoms with E-state index >= 15 is 0 Å². The summed E-state index contributed by atoms with van der Waals surface area (Å²) in [5.41, 5.74) is 0.931. The van der Waals surface area contributed by atoms with Crippen LogP contribution in [-0.2, 0) is 0 Å². The Balaban J connectivity index is 2.56. The van der Waals surface area contributed by atoms with Gasteiger partial charge < -0.3 is 9.84 Å². The van der Waals surface area contributed by atoms with Gasteiger partial charge in [-0.25, -0.2) is 4.98 Å². The largest absolute Gasteiger partial charge is 0.503 e. The molecule has 0 aliphatic carbocycles. The fourth-order valence-corrected chi connectivity index (χ4v) is 0.966. The molecule has 0 aliphatic rings. The molecule has 13 heavy (non-hydrogen) atoms. The average Bonchev–Trinajstić information content (AvgIpc) is 2.09. The highest BCUT2D eigenvalue weighted by atomic mass is 16.5.